The Morgan fingerprint density at radius 2 is 1.84 bits per heavy atom. The van der Waals surface area contributed by atoms with Crippen molar-refractivity contribution in [1.82, 2.24) is 9.62 Å². The summed E-state index contributed by atoms with van der Waals surface area (Å²) in [6.07, 6.45) is 1.75. The molecule has 1 N–H and O–H groups in total. The van der Waals surface area contributed by atoms with E-state index in [1.165, 1.54) is 0 Å². The van der Waals surface area contributed by atoms with Gasteiger partial charge in [0.1, 0.15) is 0 Å². The molecular weight excluding hydrogens is 260 g/mol. The summed E-state index contributed by atoms with van der Waals surface area (Å²) in [6.45, 7) is 4.97. The molecule has 0 aromatic heterocycles. The summed E-state index contributed by atoms with van der Waals surface area (Å²) in [5, 5.41) is 3.21. The molecule has 4 nitrogen and oxygen atoms in total. The molecule has 5 heteroatoms. The van der Waals surface area contributed by atoms with Crippen LogP contribution in [0.4, 0.5) is 0 Å². The minimum absolute atomic E-state index is 0.435. The van der Waals surface area contributed by atoms with Crippen molar-refractivity contribution in [3.8, 4) is 0 Å². The van der Waals surface area contributed by atoms with Gasteiger partial charge in [-0.2, -0.15) is 4.31 Å². The Kier molecular flexibility index (Phi) is 4.28. The molecule has 2 rings (SSSR count). The SMILES string of the molecule is CNC1CCN(S(=O)(=O)c2cc(C)ccc2C)CC1. The lowest BCUT2D eigenvalue weighted by atomic mass is 10.1. The summed E-state index contributed by atoms with van der Waals surface area (Å²) in [5.74, 6) is 0. The van der Waals surface area contributed by atoms with Gasteiger partial charge in [0.25, 0.3) is 0 Å². The lowest BCUT2D eigenvalue weighted by Gasteiger charge is -2.31. The van der Waals surface area contributed by atoms with E-state index in [0.717, 1.165) is 24.0 Å². The summed E-state index contributed by atoms with van der Waals surface area (Å²) in [6, 6.07) is 6.03. The fourth-order valence-corrected chi connectivity index (χ4v) is 4.29. The van der Waals surface area contributed by atoms with Gasteiger partial charge in [-0.25, -0.2) is 8.42 Å². The van der Waals surface area contributed by atoms with Crippen LogP contribution in [0.1, 0.15) is 24.0 Å². The summed E-state index contributed by atoms with van der Waals surface area (Å²) in [4.78, 5) is 0.454. The Morgan fingerprint density at radius 3 is 2.42 bits per heavy atom. The predicted octanol–water partition coefficient (Wildman–Crippen LogP) is 1.68. The average Bonchev–Trinajstić information content (AvgIpc) is 2.41. The highest BCUT2D eigenvalue weighted by molar-refractivity contribution is 7.89. The van der Waals surface area contributed by atoms with E-state index in [2.05, 4.69) is 5.32 Å². The Labute approximate surface area is 115 Å². The second-order valence-corrected chi connectivity index (χ2v) is 7.14. The largest absolute Gasteiger partial charge is 0.317 e. The molecule has 1 fully saturated rings. The van der Waals surface area contributed by atoms with Crippen LogP contribution in [0.5, 0.6) is 0 Å². The first-order chi connectivity index (χ1) is 8.95. The van der Waals surface area contributed by atoms with Crippen LogP contribution in [-0.4, -0.2) is 38.9 Å². The van der Waals surface area contributed by atoms with E-state index in [1.807, 2.05) is 33.0 Å². The van der Waals surface area contributed by atoms with Crippen molar-refractivity contribution in [3.63, 3.8) is 0 Å². The molecular formula is C14H22N2O2S. The maximum Gasteiger partial charge on any atom is 0.243 e. The Morgan fingerprint density at radius 1 is 1.21 bits per heavy atom. The van der Waals surface area contributed by atoms with Gasteiger partial charge in [0.2, 0.25) is 10.0 Å². The number of benzene rings is 1. The molecule has 1 aromatic rings. The van der Waals surface area contributed by atoms with E-state index in [-0.39, 0.29) is 0 Å². The number of piperidine rings is 1. The van der Waals surface area contributed by atoms with Gasteiger partial charge in [-0.3, -0.25) is 0 Å². The van der Waals surface area contributed by atoms with Gasteiger partial charge in [0.05, 0.1) is 4.90 Å². The third-order valence-corrected chi connectivity index (χ3v) is 5.86. The summed E-state index contributed by atoms with van der Waals surface area (Å²) < 4.78 is 26.9. The normalized spacial score (nSPS) is 18.7. The molecule has 0 atom stereocenters. The minimum Gasteiger partial charge on any atom is -0.317 e. The van der Waals surface area contributed by atoms with Crippen molar-refractivity contribution in [2.45, 2.75) is 37.6 Å². The van der Waals surface area contributed by atoms with Crippen LogP contribution >= 0.6 is 0 Å². The topological polar surface area (TPSA) is 49.4 Å². The van der Waals surface area contributed by atoms with Gasteiger partial charge >= 0.3 is 0 Å². The van der Waals surface area contributed by atoms with Crippen LogP contribution < -0.4 is 5.32 Å². The van der Waals surface area contributed by atoms with Crippen molar-refractivity contribution in [3.05, 3.63) is 29.3 Å². The van der Waals surface area contributed by atoms with Crippen molar-refractivity contribution < 1.29 is 8.42 Å². The number of nitrogens with one attached hydrogen (secondary N) is 1. The molecule has 1 aliphatic heterocycles. The fraction of sp³-hybridized carbons (Fsp3) is 0.571. The Bertz CT molecular complexity index is 547. The predicted molar refractivity (Wildman–Crippen MR) is 76.8 cm³/mol. The van der Waals surface area contributed by atoms with E-state index in [1.54, 1.807) is 10.4 Å². The standard InChI is InChI=1S/C14H22N2O2S/c1-11-4-5-12(2)14(10-11)19(17,18)16-8-6-13(15-3)7-9-16/h4-5,10,13,15H,6-9H2,1-3H3. The van der Waals surface area contributed by atoms with Gasteiger partial charge in [-0.15, -0.1) is 0 Å². The second kappa shape index (κ2) is 5.61. The molecule has 0 spiro atoms. The first-order valence-electron chi connectivity index (χ1n) is 6.70. The lowest BCUT2D eigenvalue weighted by molar-refractivity contribution is 0.298. The molecule has 106 valence electrons. The van der Waals surface area contributed by atoms with Gasteiger partial charge in [0.15, 0.2) is 0 Å². The van der Waals surface area contributed by atoms with E-state index in [9.17, 15) is 8.42 Å². The third-order valence-electron chi connectivity index (χ3n) is 3.82. The van der Waals surface area contributed by atoms with Crippen LogP contribution in [0.3, 0.4) is 0 Å². The van der Waals surface area contributed by atoms with Crippen LogP contribution in [0.25, 0.3) is 0 Å². The molecule has 0 aliphatic carbocycles. The number of hydrogen-bond acceptors (Lipinski definition) is 3. The maximum absolute atomic E-state index is 12.7. The molecule has 0 radical (unpaired) electrons. The molecule has 1 saturated heterocycles. The summed E-state index contributed by atoms with van der Waals surface area (Å²) in [5.41, 5.74) is 1.80. The lowest BCUT2D eigenvalue weighted by Crippen LogP contribution is -2.44. The summed E-state index contributed by atoms with van der Waals surface area (Å²) in [7, 11) is -1.41. The molecule has 1 aliphatic rings. The molecule has 0 unspecified atom stereocenters. The highest BCUT2D eigenvalue weighted by Crippen LogP contribution is 2.24. The monoisotopic (exact) mass is 282 g/mol. The summed E-state index contributed by atoms with van der Waals surface area (Å²) >= 11 is 0. The fourth-order valence-electron chi connectivity index (χ4n) is 2.51. The highest BCUT2D eigenvalue weighted by Gasteiger charge is 2.29. The number of aryl methyl sites for hydroxylation is 2. The molecule has 0 amide bonds. The van der Waals surface area contributed by atoms with Crippen LogP contribution in [0.2, 0.25) is 0 Å². The molecule has 0 saturated carbocycles. The zero-order valence-electron chi connectivity index (χ0n) is 11.8. The third kappa shape index (κ3) is 2.99. The quantitative estimate of drug-likeness (QED) is 0.917. The van der Waals surface area contributed by atoms with Crippen molar-refractivity contribution in [2.24, 2.45) is 0 Å². The maximum atomic E-state index is 12.7. The highest BCUT2D eigenvalue weighted by atomic mass is 32.2. The van der Waals surface area contributed by atoms with Gasteiger partial charge in [-0.1, -0.05) is 12.1 Å². The van der Waals surface area contributed by atoms with Gasteiger partial charge in [0, 0.05) is 19.1 Å². The van der Waals surface area contributed by atoms with E-state index in [4.69, 9.17) is 0 Å². The second-order valence-electron chi connectivity index (χ2n) is 5.24. The number of hydrogen-bond donors (Lipinski definition) is 1. The van der Waals surface area contributed by atoms with E-state index in [0.29, 0.717) is 24.0 Å². The number of rotatable bonds is 3. The molecule has 1 aromatic carbocycles. The number of sulfonamides is 1. The molecule has 19 heavy (non-hydrogen) atoms. The molecule has 1 heterocycles. The van der Waals surface area contributed by atoms with E-state index >= 15 is 0 Å². The van der Waals surface area contributed by atoms with Crippen LogP contribution in [0, 0.1) is 13.8 Å². The van der Waals surface area contributed by atoms with Crippen molar-refractivity contribution in [2.75, 3.05) is 20.1 Å². The number of nitrogens with zero attached hydrogens (tertiary/aromatic N) is 1. The zero-order valence-corrected chi connectivity index (χ0v) is 12.6. The first-order valence-corrected chi connectivity index (χ1v) is 8.14. The minimum atomic E-state index is -3.34. The van der Waals surface area contributed by atoms with E-state index < -0.39 is 10.0 Å². The Balaban J connectivity index is 2.26. The van der Waals surface area contributed by atoms with Crippen molar-refractivity contribution in [1.29, 1.82) is 0 Å². The Hall–Kier alpha value is -0.910. The smallest absolute Gasteiger partial charge is 0.243 e. The average molecular weight is 282 g/mol. The molecule has 0 bridgehead atoms. The first kappa shape index (κ1) is 14.5. The zero-order chi connectivity index (χ0) is 14.0. The van der Waals surface area contributed by atoms with Crippen LogP contribution in [-0.2, 0) is 10.0 Å². The van der Waals surface area contributed by atoms with Crippen LogP contribution in [0.15, 0.2) is 23.1 Å². The van der Waals surface area contributed by atoms with Gasteiger partial charge in [-0.05, 0) is 50.9 Å². The van der Waals surface area contributed by atoms with Crippen molar-refractivity contribution >= 4 is 10.0 Å². The van der Waals surface area contributed by atoms with Gasteiger partial charge < -0.3 is 5.32 Å².